The Bertz CT molecular complexity index is 653. The molecule has 5 nitrogen and oxygen atoms in total. The molecule has 0 saturated heterocycles. The lowest BCUT2D eigenvalue weighted by Gasteiger charge is -2.05. The molecule has 0 atom stereocenters. The highest BCUT2D eigenvalue weighted by Gasteiger charge is 2.09. The van der Waals surface area contributed by atoms with Crippen LogP contribution in [0.25, 0.3) is 0 Å². The first-order valence-electron chi connectivity index (χ1n) is 6.60. The number of amides is 1. The van der Waals surface area contributed by atoms with Gasteiger partial charge in [-0.2, -0.15) is 0 Å². The minimum Gasteiger partial charge on any atom is -0.452 e. The molecule has 0 radical (unpaired) electrons. The quantitative estimate of drug-likeness (QED) is 0.649. The zero-order valence-corrected chi connectivity index (χ0v) is 13.9. The van der Waals surface area contributed by atoms with Gasteiger partial charge in [-0.1, -0.05) is 0 Å². The molecule has 0 spiro atoms. The van der Waals surface area contributed by atoms with Gasteiger partial charge in [-0.25, -0.2) is 9.78 Å². The molecule has 7 heteroatoms. The fraction of sp³-hybridized carbons (Fsp3) is 0.267. The van der Waals surface area contributed by atoms with Gasteiger partial charge >= 0.3 is 5.97 Å². The Morgan fingerprint density at radius 2 is 2.05 bits per heavy atom. The van der Waals surface area contributed by atoms with Gasteiger partial charge in [0.2, 0.25) is 0 Å². The smallest absolute Gasteiger partial charge is 0.338 e. The van der Waals surface area contributed by atoms with E-state index in [9.17, 15) is 9.59 Å². The van der Waals surface area contributed by atoms with E-state index < -0.39 is 5.97 Å². The van der Waals surface area contributed by atoms with Crippen molar-refractivity contribution in [3.05, 3.63) is 45.9 Å². The van der Waals surface area contributed by atoms with Crippen LogP contribution < -0.4 is 5.32 Å². The number of hydrogen-bond acceptors (Lipinski definition) is 6. The SMILES string of the molecule is CNC(=O)COC(=O)c1ccc(SCc2csc(C)n2)cc1. The number of aromatic nitrogens is 1. The number of likely N-dealkylation sites (N-methyl/N-ethyl adjacent to an activating group) is 1. The molecule has 1 N–H and O–H groups in total. The molecule has 0 aliphatic rings. The van der Waals surface area contributed by atoms with E-state index in [1.807, 2.05) is 24.4 Å². The van der Waals surface area contributed by atoms with Gasteiger partial charge in [-0.15, -0.1) is 23.1 Å². The fourth-order valence-corrected chi connectivity index (χ4v) is 3.11. The van der Waals surface area contributed by atoms with E-state index >= 15 is 0 Å². The van der Waals surface area contributed by atoms with Crippen molar-refractivity contribution in [2.75, 3.05) is 13.7 Å². The third kappa shape index (κ3) is 4.85. The number of aryl methyl sites for hydroxylation is 1. The lowest BCUT2D eigenvalue weighted by molar-refractivity contribution is -0.123. The molecule has 1 aromatic heterocycles. The van der Waals surface area contributed by atoms with Gasteiger partial charge in [0.1, 0.15) is 0 Å². The number of carbonyl (C=O) groups is 2. The predicted molar refractivity (Wildman–Crippen MR) is 87.2 cm³/mol. The lowest BCUT2D eigenvalue weighted by atomic mass is 10.2. The normalized spacial score (nSPS) is 10.3. The van der Waals surface area contributed by atoms with Gasteiger partial charge in [0, 0.05) is 23.1 Å². The summed E-state index contributed by atoms with van der Waals surface area (Å²) in [5.41, 5.74) is 1.49. The van der Waals surface area contributed by atoms with Crippen LogP contribution in [0.1, 0.15) is 21.1 Å². The van der Waals surface area contributed by atoms with Crippen LogP contribution in [0.15, 0.2) is 34.5 Å². The number of thioether (sulfide) groups is 1. The number of hydrogen-bond donors (Lipinski definition) is 1. The van der Waals surface area contributed by atoms with E-state index in [1.54, 1.807) is 35.2 Å². The van der Waals surface area contributed by atoms with E-state index in [0.717, 1.165) is 21.3 Å². The maximum atomic E-state index is 11.7. The predicted octanol–water partition coefficient (Wildman–Crippen LogP) is 2.65. The minimum absolute atomic E-state index is 0.269. The van der Waals surface area contributed by atoms with Crippen molar-refractivity contribution in [2.24, 2.45) is 0 Å². The third-order valence-corrected chi connectivity index (χ3v) is 4.62. The maximum Gasteiger partial charge on any atom is 0.338 e. The van der Waals surface area contributed by atoms with Crippen LogP contribution in [0.2, 0.25) is 0 Å². The van der Waals surface area contributed by atoms with Crippen molar-refractivity contribution >= 4 is 35.0 Å². The van der Waals surface area contributed by atoms with Crippen molar-refractivity contribution in [3.8, 4) is 0 Å². The Hall–Kier alpha value is -1.86. The van der Waals surface area contributed by atoms with Crippen LogP contribution in [0.3, 0.4) is 0 Å². The Balaban J connectivity index is 1.86. The Morgan fingerprint density at radius 1 is 1.32 bits per heavy atom. The number of benzene rings is 1. The maximum absolute atomic E-state index is 11.7. The molecule has 0 fully saturated rings. The van der Waals surface area contributed by atoms with Gasteiger partial charge in [-0.05, 0) is 31.2 Å². The molecule has 116 valence electrons. The topological polar surface area (TPSA) is 68.3 Å². The summed E-state index contributed by atoms with van der Waals surface area (Å²) in [5.74, 6) is -0.0421. The monoisotopic (exact) mass is 336 g/mol. The summed E-state index contributed by atoms with van der Waals surface area (Å²) in [4.78, 5) is 28.2. The first kappa shape index (κ1) is 16.5. The second-order valence-electron chi connectivity index (χ2n) is 4.42. The molecule has 22 heavy (non-hydrogen) atoms. The zero-order valence-electron chi connectivity index (χ0n) is 12.3. The van der Waals surface area contributed by atoms with E-state index in [4.69, 9.17) is 4.74 Å². The van der Waals surface area contributed by atoms with Crippen LogP contribution in [0.5, 0.6) is 0 Å². The van der Waals surface area contributed by atoms with Crippen LogP contribution in [-0.4, -0.2) is 30.5 Å². The Kier molecular flexibility index (Phi) is 5.97. The van der Waals surface area contributed by atoms with Crippen molar-refractivity contribution in [3.63, 3.8) is 0 Å². The summed E-state index contributed by atoms with van der Waals surface area (Å²) in [7, 11) is 1.49. The number of nitrogens with zero attached hydrogens (tertiary/aromatic N) is 1. The van der Waals surface area contributed by atoms with Crippen LogP contribution in [0, 0.1) is 6.92 Å². The standard InChI is InChI=1S/C15H16N2O3S2/c1-10-17-12(8-21-10)9-22-13-5-3-11(4-6-13)15(19)20-7-14(18)16-2/h3-6,8H,7,9H2,1-2H3,(H,16,18). The van der Waals surface area contributed by atoms with E-state index in [-0.39, 0.29) is 12.5 Å². The molecule has 2 aromatic rings. The molecule has 1 heterocycles. The van der Waals surface area contributed by atoms with Crippen molar-refractivity contribution in [1.29, 1.82) is 0 Å². The molecular formula is C15H16N2O3S2. The summed E-state index contributed by atoms with van der Waals surface area (Å²) in [6, 6.07) is 7.11. The van der Waals surface area contributed by atoms with Gasteiger partial charge < -0.3 is 10.1 Å². The summed E-state index contributed by atoms with van der Waals surface area (Å²) < 4.78 is 4.89. The Labute approximate surface area is 137 Å². The third-order valence-electron chi connectivity index (χ3n) is 2.76. The van der Waals surface area contributed by atoms with Crippen molar-refractivity contribution in [1.82, 2.24) is 10.3 Å². The summed E-state index contributed by atoms with van der Waals surface area (Å²) >= 11 is 3.29. The van der Waals surface area contributed by atoms with Gasteiger partial charge in [-0.3, -0.25) is 4.79 Å². The summed E-state index contributed by atoms with van der Waals surface area (Å²) in [6.45, 7) is 1.72. The van der Waals surface area contributed by atoms with Crippen LogP contribution in [-0.2, 0) is 15.3 Å². The van der Waals surface area contributed by atoms with E-state index in [2.05, 4.69) is 10.3 Å². The Morgan fingerprint density at radius 3 is 2.64 bits per heavy atom. The van der Waals surface area contributed by atoms with Crippen molar-refractivity contribution < 1.29 is 14.3 Å². The fourth-order valence-electron chi connectivity index (χ4n) is 1.61. The van der Waals surface area contributed by atoms with Gasteiger partial charge in [0.15, 0.2) is 6.61 Å². The number of ether oxygens (including phenoxy) is 1. The zero-order chi connectivity index (χ0) is 15.9. The highest BCUT2D eigenvalue weighted by atomic mass is 32.2. The molecule has 0 bridgehead atoms. The van der Waals surface area contributed by atoms with E-state index in [1.165, 1.54) is 7.05 Å². The average molecular weight is 336 g/mol. The number of thiazole rings is 1. The molecule has 0 unspecified atom stereocenters. The molecule has 0 saturated carbocycles. The van der Waals surface area contributed by atoms with Crippen LogP contribution in [0.4, 0.5) is 0 Å². The molecule has 0 aliphatic heterocycles. The molecule has 2 rings (SSSR count). The minimum atomic E-state index is -0.504. The number of esters is 1. The van der Waals surface area contributed by atoms with E-state index in [0.29, 0.717) is 5.56 Å². The second kappa shape index (κ2) is 7.95. The summed E-state index contributed by atoms with van der Waals surface area (Å²) in [6.07, 6.45) is 0. The first-order valence-corrected chi connectivity index (χ1v) is 8.46. The highest BCUT2D eigenvalue weighted by Crippen LogP contribution is 2.24. The number of nitrogens with one attached hydrogen (secondary N) is 1. The summed E-state index contributed by atoms with van der Waals surface area (Å²) in [5, 5.41) is 5.50. The van der Waals surface area contributed by atoms with Gasteiger partial charge in [0.25, 0.3) is 5.91 Å². The second-order valence-corrected chi connectivity index (χ2v) is 6.53. The molecule has 1 amide bonds. The molecular weight excluding hydrogens is 320 g/mol. The first-order chi connectivity index (χ1) is 10.6. The number of carbonyl (C=O) groups excluding carboxylic acids is 2. The van der Waals surface area contributed by atoms with Crippen molar-refractivity contribution in [2.45, 2.75) is 17.6 Å². The molecule has 0 aliphatic carbocycles. The van der Waals surface area contributed by atoms with Gasteiger partial charge in [0.05, 0.1) is 16.3 Å². The lowest BCUT2D eigenvalue weighted by Crippen LogP contribution is -2.25. The highest BCUT2D eigenvalue weighted by molar-refractivity contribution is 7.98. The average Bonchev–Trinajstić information content (AvgIpc) is 2.96. The molecule has 1 aromatic carbocycles. The van der Waals surface area contributed by atoms with Crippen LogP contribution >= 0.6 is 23.1 Å². The number of rotatable bonds is 6. The largest absolute Gasteiger partial charge is 0.452 e.